The molecule has 0 radical (unpaired) electrons. The van der Waals surface area contributed by atoms with Crippen LogP contribution in [0.5, 0.6) is 0 Å². The Kier molecular flexibility index (Phi) is 6.67. The Balaban J connectivity index is 1.45. The van der Waals surface area contributed by atoms with Gasteiger partial charge in [-0.15, -0.1) is 0 Å². The van der Waals surface area contributed by atoms with Crippen LogP contribution in [0.1, 0.15) is 22.3 Å². The number of primary amides is 1. The number of carbonyl (C=O) groups is 2. The van der Waals surface area contributed by atoms with E-state index < -0.39 is 12.0 Å². The molecule has 2 heterocycles. The lowest BCUT2D eigenvalue weighted by Gasteiger charge is -2.38. The average molecular weight is 455 g/mol. The number of nitrogens with two attached hydrogens (primary N) is 1. The first kappa shape index (κ1) is 22.2. The Morgan fingerprint density at radius 3 is 2.19 bits per heavy atom. The lowest BCUT2D eigenvalue weighted by molar-refractivity contribution is 0.1000. The number of hydrogen-bond donors (Lipinski definition) is 2. The van der Waals surface area contributed by atoms with Gasteiger partial charge >= 0.3 is 6.09 Å². The smallest absolute Gasteiger partial charge is 0.407 e. The second kappa shape index (κ2) is 9.63. The van der Waals surface area contributed by atoms with Gasteiger partial charge in [0.05, 0.1) is 0 Å². The SMILES string of the molecule is NC(=O)c1ccc(N2CCN(CC3=C(c4ccc(Cl)cc4)CCN(C(=O)O)C3)CC2)cc1. The van der Waals surface area contributed by atoms with Gasteiger partial charge in [0.2, 0.25) is 5.91 Å². The summed E-state index contributed by atoms with van der Waals surface area (Å²) >= 11 is 6.06. The van der Waals surface area contributed by atoms with Gasteiger partial charge in [-0.1, -0.05) is 23.7 Å². The third-order valence-corrected chi connectivity index (χ3v) is 6.46. The fraction of sp³-hybridized carbons (Fsp3) is 0.333. The minimum absolute atomic E-state index is 0.422. The standard InChI is InChI=1S/C24H27ClN4O3/c25-20-5-1-17(2-6-20)22-9-10-29(24(31)32)16-19(22)15-27-11-13-28(14-12-27)21-7-3-18(4-8-21)23(26)30/h1-8H,9-16H2,(H2,26,30)(H,31,32). The summed E-state index contributed by atoms with van der Waals surface area (Å²) in [5.74, 6) is -0.422. The molecule has 2 aliphatic heterocycles. The molecule has 1 fully saturated rings. The molecular formula is C24H27ClN4O3. The van der Waals surface area contributed by atoms with E-state index in [4.69, 9.17) is 17.3 Å². The van der Waals surface area contributed by atoms with Crippen LogP contribution in [0.15, 0.2) is 54.1 Å². The van der Waals surface area contributed by atoms with Gasteiger partial charge in [0.15, 0.2) is 0 Å². The maximum Gasteiger partial charge on any atom is 0.407 e. The number of benzene rings is 2. The van der Waals surface area contributed by atoms with Crippen molar-refractivity contribution in [3.63, 3.8) is 0 Å². The molecule has 0 unspecified atom stereocenters. The predicted molar refractivity (Wildman–Crippen MR) is 126 cm³/mol. The molecule has 168 valence electrons. The highest BCUT2D eigenvalue weighted by molar-refractivity contribution is 6.30. The van der Waals surface area contributed by atoms with Crippen molar-refractivity contribution in [1.29, 1.82) is 0 Å². The van der Waals surface area contributed by atoms with Crippen LogP contribution in [0, 0.1) is 0 Å². The molecule has 32 heavy (non-hydrogen) atoms. The van der Waals surface area contributed by atoms with E-state index in [0.717, 1.165) is 49.5 Å². The molecule has 0 aromatic heterocycles. The fourth-order valence-electron chi connectivity index (χ4n) is 4.41. The number of amides is 2. The lowest BCUT2D eigenvalue weighted by Crippen LogP contribution is -2.48. The summed E-state index contributed by atoms with van der Waals surface area (Å²) in [4.78, 5) is 29.0. The normalized spacial score (nSPS) is 17.5. The largest absolute Gasteiger partial charge is 0.465 e. The summed E-state index contributed by atoms with van der Waals surface area (Å²) in [6.45, 7) is 5.17. The number of hydrogen-bond acceptors (Lipinski definition) is 4. The molecule has 2 aliphatic rings. The third-order valence-electron chi connectivity index (χ3n) is 6.21. The van der Waals surface area contributed by atoms with Crippen molar-refractivity contribution in [3.8, 4) is 0 Å². The molecule has 4 rings (SSSR count). The van der Waals surface area contributed by atoms with Crippen molar-refractivity contribution < 1.29 is 14.7 Å². The summed E-state index contributed by atoms with van der Waals surface area (Å²) in [5, 5.41) is 10.2. The molecule has 1 saturated heterocycles. The molecule has 2 aromatic rings. The second-order valence-corrected chi connectivity index (χ2v) is 8.65. The van der Waals surface area contributed by atoms with Crippen molar-refractivity contribution in [3.05, 3.63) is 70.3 Å². The first-order chi connectivity index (χ1) is 15.4. The summed E-state index contributed by atoms with van der Waals surface area (Å²) in [7, 11) is 0. The molecule has 2 amide bonds. The van der Waals surface area contributed by atoms with Crippen LogP contribution in [0.4, 0.5) is 10.5 Å². The summed E-state index contributed by atoms with van der Waals surface area (Å²) in [6, 6.07) is 15.2. The van der Waals surface area contributed by atoms with E-state index in [0.29, 0.717) is 30.1 Å². The van der Waals surface area contributed by atoms with E-state index >= 15 is 0 Å². The summed E-state index contributed by atoms with van der Waals surface area (Å²) in [6.07, 6.45) is -0.169. The van der Waals surface area contributed by atoms with Crippen LogP contribution < -0.4 is 10.6 Å². The maximum atomic E-state index is 11.6. The monoisotopic (exact) mass is 454 g/mol. The molecule has 2 aromatic carbocycles. The van der Waals surface area contributed by atoms with Crippen molar-refractivity contribution >= 4 is 34.9 Å². The third kappa shape index (κ3) is 5.06. The van der Waals surface area contributed by atoms with E-state index in [1.807, 2.05) is 36.4 Å². The lowest BCUT2D eigenvalue weighted by atomic mass is 9.93. The zero-order valence-electron chi connectivity index (χ0n) is 17.8. The topological polar surface area (TPSA) is 90.1 Å². The van der Waals surface area contributed by atoms with Crippen molar-refractivity contribution in [1.82, 2.24) is 9.80 Å². The van der Waals surface area contributed by atoms with Gasteiger partial charge < -0.3 is 20.6 Å². The molecule has 0 aliphatic carbocycles. The maximum absolute atomic E-state index is 11.6. The van der Waals surface area contributed by atoms with Crippen molar-refractivity contribution in [2.75, 3.05) is 50.7 Å². The van der Waals surface area contributed by atoms with Crippen molar-refractivity contribution in [2.45, 2.75) is 6.42 Å². The average Bonchev–Trinajstić information content (AvgIpc) is 2.80. The van der Waals surface area contributed by atoms with Gasteiger partial charge in [-0.25, -0.2) is 4.79 Å². The molecule has 8 heteroatoms. The molecule has 0 atom stereocenters. The van der Waals surface area contributed by atoms with E-state index in [-0.39, 0.29) is 0 Å². The number of halogens is 1. The minimum Gasteiger partial charge on any atom is -0.465 e. The Bertz CT molecular complexity index is 1010. The zero-order valence-corrected chi connectivity index (χ0v) is 18.6. The number of nitrogens with zero attached hydrogens (tertiary/aromatic N) is 3. The van der Waals surface area contributed by atoms with Gasteiger partial charge in [-0.2, -0.15) is 0 Å². The molecule has 7 nitrogen and oxygen atoms in total. The summed E-state index contributed by atoms with van der Waals surface area (Å²) < 4.78 is 0. The first-order valence-corrected chi connectivity index (χ1v) is 11.1. The molecule has 0 spiro atoms. The molecule has 0 bridgehead atoms. The van der Waals surface area contributed by atoms with Gasteiger partial charge in [0.25, 0.3) is 0 Å². The van der Waals surface area contributed by atoms with E-state index in [1.54, 1.807) is 12.1 Å². The number of rotatable bonds is 5. The Hall–Kier alpha value is -3.03. The zero-order chi connectivity index (χ0) is 22.7. The summed E-state index contributed by atoms with van der Waals surface area (Å²) in [5.41, 5.74) is 10.4. The van der Waals surface area contributed by atoms with Crippen LogP contribution in [0.3, 0.4) is 0 Å². The van der Waals surface area contributed by atoms with Gasteiger partial charge in [-0.05, 0) is 59.5 Å². The number of carboxylic acid groups (broad SMARTS) is 1. The van der Waals surface area contributed by atoms with E-state index in [2.05, 4.69) is 9.80 Å². The minimum atomic E-state index is -0.873. The van der Waals surface area contributed by atoms with Gasteiger partial charge in [0, 0.05) is 62.1 Å². The highest BCUT2D eigenvalue weighted by Crippen LogP contribution is 2.29. The van der Waals surface area contributed by atoms with Crippen LogP contribution in [0.2, 0.25) is 5.02 Å². The Morgan fingerprint density at radius 2 is 1.59 bits per heavy atom. The van der Waals surface area contributed by atoms with Crippen LogP contribution in [0.25, 0.3) is 5.57 Å². The molecular weight excluding hydrogens is 428 g/mol. The Morgan fingerprint density at radius 1 is 0.938 bits per heavy atom. The molecule has 3 N–H and O–H groups in total. The van der Waals surface area contributed by atoms with E-state index in [1.165, 1.54) is 10.5 Å². The van der Waals surface area contributed by atoms with Crippen LogP contribution in [-0.4, -0.2) is 72.7 Å². The van der Waals surface area contributed by atoms with Crippen molar-refractivity contribution in [2.24, 2.45) is 5.73 Å². The highest BCUT2D eigenvalue weighted by atomic mass is 35.5. The van der Waals surface area contributed by atoms with Crippen LogP contribution in [-0.2, 0) is 0 Å². The van der Waals surface area contributed by atoms with E-state index in [9.17, 15) is 14.7 Å². The van der Waals surface area contributed by atoms with Gasteiger partial charge in [0.1, 0.15) is 0 Å². The number of anilines is 1. The Labute approximate surface area is 192 Å². The fourth-order valence-corrected chi connectivity index (χ4v) is 4.53. The highest BCUT2D eigenvalue weighted by Gasteiger charge is 2.26. The van der Waals surface area contributed by atoms with Crippen LogP contribution >= 0.6 is 11.6 Å². The quantitative estimate of drug-likeness (QED) is 0.722. The first-order valence-electron chi connectivity index (χ1n) is 10.7. The number of carbonyl (C=O) groups excluding carboxylic acids is 1. The second-order valence-electron chi connectivity index (χ2n) is 8.22. The predicted octanol–water partition coefficient (Wildman–Crippen LogP) is 3.40. The molecule has 0 saturated carbocycles. The number of piperazine rings is 1. The van der Waals surface area contributed by atoms with Gasteiger partial charge in [-0.3, -0.25) is 9.69 Å².